The number of halogens is 4. The van der Waals surface area contributed by atoms with Crippen molar-refractivity contribution in [2.24, 2.45) is 5.92 Å². The number of carbonyl (C=O) groups excluding carboxylic acids is 1. The lowest BCUT2D eigenvalue weighted by Crippen LogP contribution is -2.33. The van der Waals surface area contributed by atoms with Gasteiger partial charge < -0.3 is 10.4 Å². The molecule has 0 aliphatic heterocycles. The van der Waals surface area contributed by atoms with Crippen LogP contribution in [0.3, 0.4) is 0 Å². The van der Waals surface area contributed by atoms with Crippen LogP contribution < -0.4 is 5.32 Å². The predicted molar refractivity (Wildman–Crippen MR) is 71.7 cm³/mol. The standard InChI is InChI=1S/C15H17F4NO2/c16-13-5-4-10(15(17,18)19)7-12(13)14(22)20-8-9-2-1-3-11(21)6-9/h4-5,7,9,11,21H,1-3,6,8H2,(H,20,22). The molecule has 1 aromatic carbocycles. The summed E-state index contributed by atoms with van der Waals surface area (Å²) in [6, 6.07) is 1.76. The number of benzene rings is 1. The van der Waals surface area contributed by atoms with Gasteiger partial charge in [-0.1, -0.05) is 6.42 Å². The van der Waals surface area contributed by atoms with E-state index < -0.39 is 35.1 Å². The van der Waals surface area contributed by atoms with Crippen molar-refractivity contribution < 1.29 is 27.5 Å². The summed E-state index contributed by atoms with van der Waals surface area (Å²) in [4.78, 5) is 11.9. The van der Waals surface area contributed by atoms with Crippen LogP contribution in [-0.4, -0.2) is 23.7 Å². The average Bonchev–Trinajstić information content (AvgIpc) is 2.44. The van der Waals surface area contributed by atoms with Gasteiger partial charge in [-0.25, -0.2) is 4.39 Å². The van der Waals surface area contributed by atoms with Crippen LogP contribution in [-0.2, 0) is 6.18 Å². The minimum absolute atomic E-state index is 0.0570. The molecule has 2 unspecified atom stereocenters. The zero-order chi connectivity index (χ0) is 16.3. The molecule has 0 spiro atoms. The highest BCUT2D eigenvalue weighted by Gasteiger charge is 2.32. The van der Waals surface area contributed by atoms with Gasteiger partial charge in [0, 0.05) is 6.54 Å². The van der Waals surface area contributed by atoms with E-state index in [9.17, 15) is 27.5 Å². The molecule has 1 aliphatic carbocycles. The van der Waals surface area contributed by atoms with E-state index in [0.717, 1.165) is 12.8 Å². The molecule has 2 atom stereocenters. The summed E-state index contributed by atoms with van der Waals surface area (Å²) in [5.41, 5.74) is -1.68. The normalized spacial score (nSPS) is 22.4. The molecular weight excluding hydrogens is 302 g/mol. The van der Waals surface area contributed by atoms with E-state index >= 15 is 0 Å². The molecule has 1 fully saturated rings. The van der Waals surface area contributed by atoms with Gasteiger partial charge in [0.25, 0.3) is 5.91 Å². The first kappa shape index (κ1) is 16.7. The Morgan fingerprint density at radius 1 is 1.32 bits per heavy atom. The quantitative estimate of drug-likeness (QED) is 0.841. The van der Waals surface area contributed by atoms with Crippen molar-refractivity contribution in [2.45, 2.75) is 38.0 Å². The van der Waals surface area contributed by atoms with E-state index in [1.807, 2.05) is 0 Å². The highest BCUT2D eigenvalue weighted by atomic mass is 19.4. The Morgan fingerprint density at radius 3 is 2.68 bits per heavy atom. The Labute approximate surface area is 125 Å². The maximum absolute atomic E-state index is 13.6. The molecule has 1 aliphatic rings. The Bertz CT molecular complexity index is 545. The van der Waals surface area contributed by atoms with Crippen LogP contribution in [0.1, 0.15) is 41.6 Å². The van der Waals surface area contributed by atoms with Gasteiger partial charge in [0.15, 0.2) is 0 Å². The molecule has 22 heavy (non-hydrogen) atoms. The molecule has 7 heteroatoms. The predicted octanol–water partition coefficient (Wildman–Crippen LogP) is 3.13. The highest BCUT2D eigenvalue weighted by molar-refractivity contribution is 5.94. The minimum atomic E-state index is -4.63. The van der Waals surface area contributed by atoms with Gasteiger partial charge in [-0.2, -0.15) is 13.2 Å². The molecule has 0 aromatic heterocycles. The smallest absolute Gasteiger partial charge is 0.393 e. The Balaban J connectivity index is 2.03. The van der Waals surface area contributed by atoms with Crippen LogP contribution in [0.2, 0.25) is 0 Å². The maximum Gasteiger partial charge on any atom is 0.416 e. The molecule has 3 nitrogen and oxygen atoms in total. The van der Waals surface area contributed by atoms with Crippen molar-refractivity contribution in [3.05, 3.63) is 35.1 Å². The van der Waals surface area contributed by atoms with Gasteiger partial charge in [0.1, 0.15) is 5.82 Å². The molecule has 2 N–H and O–H groups in total. The van der Waals surface area contributed by atoms with Gasteiger partial charge in [-0.15, -0.1) is 0 Å². The zero-order valence-electron chi connectivity index (χ0n) is 11.8. The van der Waals surface area contributed by atoms with Gasteiger partial charge in [0.2, 0.25) is 0 Å². The summed E-state index contributed by atoms with van der Waals surface area (Å²) in [5, 5.41) is 12.0. The summed E-state index contributed by atoms with van der Waals surface area (Å²) >= 11 is 0. The fraction of sp³-hybridized carbons (Fsp3) is 0.533. The van der Waals surface area contributed by atoms with Gasteiger partial charge in [0.05, 0.1) is 17.2 Å². The third-order valence-electron chi connectivity index (χ3n) is 3.84. The van der Waals surface area contributed by atoms with E-state index in [1.165, 1.54) is 0 Å². The summed E-state index contributed by atoms with van der Waals surface area (Å²) in [5.74, 6) is -1.81. The number of hydrogen-bond acceptors (Lipinski definition) is 2. The van der Waals surface area contributed by atoms with Crippen LogP contribution >= 0.6 is 0 Å². The van der Waals surface area contributed by atoms with E-state index in [0.29, 0.717) is 31.0 Å². The SMILES string of the molecule is O=C(NCC1CCCC(O)C1)c1cc(C(F)(F)F)ccc1F. The summed E-state index contributed by atoms with van der Waals surface area (Å²) in [6.45, 7) is 0.214. The molecule has 0 heterocycles. The van der Waals surface area contributed by atoms with Crippen molar-refractivity contribution in [1.82, 2.24) is 5.32 Å². The largest absolute Gasteiger partial charge is 0.416 e. The number of aliphatic hydroxyl groups excluding tert-OH is 1. The number of carbonyl (C=O) groups is 1. The van der Waals surface area contributed by atoms with Crippen molar-refractivity contribution in [1.29, 1.82) is 0 Å². The lowest BCUT2D eigenvalue weighted by molar-refractivity contribution is -0.137. The van der Waals surface area contributed by atoms with Crippen molar-refractivity contribution in [2.75, 3.05) is 6.54 Å². The zero-order valence-corrected chi connectivity index (χ0v) is 11.8. The summed E-state index contributed by atoms with van der Waals surface area (Å²) in [7, 11) is 0. The molecule has 2 rings (SSSR count). The lowest BCUT2D eigenvalue weighted by Gasteiger charge is -2.25. The number of aliphatic hydroxyl groups is 1. The van der Waals surface area contributed by atoms with Gasteiger partial charge in [-0.05, 0) is 43.4 Å². The molecule has 0 bridgehead atoms. The van der Waals surface area contributed by atoms with Crippen LogP contribution in [0.15, 0.2) is 18.2 Å². The van der Waals surface area contributed by atoms with Crippen LogP contribution in [0.4, 0.5) is 17.6 Å². The number of amides is 1. The first-order chi connectivity index (χ1) is 10.3. The monoisotopic (exact) mass is 319 g/mol. The Hall–Kier alpha value is -1.63. The first-order valence-corrected chi connectivity index (χ1v) is 7.10. The third-order valence-corrected chi connectivity index (χ3v) is 3.84. The molecule has 1 saturated carbocycles. The molecule has 1 amide bonds. The third kappa shape index (κ3) is 4.19. The second-order valence-electron chi connectivity index (χ2n) is 5.59. The van der Waals surface area contributed by atoms with E-state index in [4.69, 9.17) is 0 Å². The average molecular weight is 319 g/mol. The number of nitrogens with one attached hydrogen (secondary N) is 1. The van der Waals surface area contributed by atoms with Crippen molar-refractivity contribution in [3.8, 4) is 0 Å². The minimum Gasteiger partial charge on any atom is -0.393 e. The molecule has 122 valence electrons. The van der Waals surface area contributed by atoms with Crippen LogP contribution in [0, 0.1) is 11.7 Å². The van der Waals surface area contributed by atoms with Crippen molar-refractivity contribution >= 4 is 5.91 Å². The fourth-order valence-electron chi connectivity index (χ4n) is 2.66. The van der Waals surface area contributed by atoms with E-state index in [2.05, 4.69) is 5.32 Å². The topological polar surface area (TPSA) is 49.3 Å². The second kappa shape index (κ2) is 6.64. The Kier molecular flexibility index (Phi) is 5.05. The molecule has 0 radical (unpaired) electrons. The maximum atomic E-state index is 13.6. The molecular formula is C15H17F4NO2. The van der Waals surface area contributed by atoms with Gasteiger partial charge >= 0.3 is 6.18 Å². The van der Waals surface area contributed by atoms with Crippen molar-refractivity contribution in [3.63, 3.8) is 0 Å². The Morgan fingerprint density at radius 2 is 2.05 bits per heavy atom. The number of alkyl halides is 3. The molecule has 1 aromatic rings. The summed E-state index contributed by atoms with van der Waals surface area (Å²) in [6.07, 6.45) is -2.14. The van der Waals surface area contributed by atoms with Gasteiger partial charge in [-0.3, -0.25) is 4.79 Å². The van der Waals surface area contributed by atoms with Crippen LogP contribution in [0.25, 0.3) is 0 Å². The highest BCUT2D eigenvalue weighted by Crippen LogP contribution is 2.30. The number of hydrogen-bond donors (Lipinski definition) is 2. The van der Waals surface area contributed by atoms with Crippen LogP contribution in [0.5, 0.6) is 0 Å². The fourth-order valence-corrected chi connectivity index (χ4v) is 2.66. The van der Waals surface area contributed by atoms with E-state index in [-0.39, 0.29) is 12.5 Å². The lowest BCUT2D eigenvalue weighted by atomic mass is 9.87. The molecule has 0 saturated heterocycles. The summed E-state index contributed by atoms with van der Waals surface area (Å²) < 4.78 is 51.4. The van der Waals surface area contributed by atoms with E-state index in [1.54, 1.807) is 0 Å². The first-order valence-electron chi connectivity index (χ1n) is 7.10. The second-order valence-corrected chi connectivity index (χ2v) is 5.59. The number of rotatable bonds is 3.